The van der Waals surface area contributed by atoms with Gasteiger partial charge < -0.3 is 25.2 Å². The minimum absolute atomic E-state index is 0.143. The minimum Gasteiger partial charge on any atom is -0.480 e. The Bertz CT molecular complexity index is 1000. The van der Waals surface area contributed by atoms with E-state index in [1.807, 2.05) is 0 Å². The lowest BCUT2D eigenvalue weighted by atomic mass is 10.1. The summed E-state index contributed by atoms with van der Waals surface area (Å²) in [5, 5.41) is 8.85. The number of unbranched alkanes of at least 4 members (excludes halogenated alkanes) is 15. The molecule has 0 aliphatic heterocycles. The van der Waals surface area contributed by atoms with Crippen molar-refractivity contribution in [3.63, 3.8) is 0 Å². The molecule has 3 unspecified atom stereocenters. The van der Waals surface area contributed by atoms with Gasteiger partial charge in [0.25, 0.3) is 0 Å². The molecule has 0 aromatic heterocycles. The number of allylic oxidation sites excluding steroid dienone is 6. The van der Waals surface area contributed by atoms with Gasteiger partial charge in [0.15, 0.2) is 6.10 Å². The van der Waals surface area contributed by atoms with Crippen LogP contribution in [0, 0.1) is 0 Å². The van der Waals surface area contributed by atoms with E-state index >= 15 is 0 Å². The highest BCUT2D eigenvalue weighted by Gasteiger charge is 2.28. The van der Waals surface area contributed by atoms with Gasteiger partial charge in [0, 0.05) is 12.8 Å². The summed E-state index contributed by atoms with van der Waals surface area (Å²) in [6.07, 6.45) is 33.6. The molecule has 0 spiro atoms. The van der Waals surface area contributed by atoms with Gasteiger partial charge in [-0.25, -0.2) is 4.57 Å². The van der Waals surface area contributed by atoms with Gasteiger partial charge >= 0.3 is 25.7 Å². The summed E-state index contributed by atoms with van der Waals surface area (Å²) in [4.78, 5) is 45.7. The number of carboxylic acid groups (broad SMARTS) is 1. The number of carboxylic acids is 1. The molecule has 50 heavy (non-hydrogen) atoms. The molecule has 0 heterocycles. The molecule has 0 aliphatic rings. The summed E-state index contributed by atoms with van der Waals surface area (Å²) in [7, 11) is -4.71. The highest BCUT2D eigenvalue weighted by atomic mass is 31.2. The van der Waals surface area contributed by atoms with Gasteiger partial charge in [-0.1, -0.05) is 115 Å². The van der Waals surface area contributed by atoms with E-state index in [0.29, 0.717) is 12.8 Å². The number of hydrogen-bond acceptors (Lipinski definition) is 9. The maximum absolute atomic E-state index is 12.5. The summed E-state index contributed by atoms with van der Waals surface area (Å²) in [6.45, 7) is 2.69. The Hall–Kier alpha value is -2.30. The number of nitrogens with two attached hydrogens (primary N) is 1. The maximum Gasteiger partial charge on any atom is 0.472 e. The van der Waals surface area contributed by atoms with Gasteiger partial charge in [-0.15, -0.1) is 0 Å². The summed E-state index contributed by atoms with van der Waals surface area (Å²) >= 11 is 0. The number of carbonyl (C=O) groups excluding carboxylic acids is 2. The largest absolute Gasteiger partial charge is 0.480 e. The van der Waals surface area contributed by atoms with Gasteiger partial charge in [0.1, 0.15) is 12.6 Å². The van der Waals surface area contributed by atoms with Crippen LogP contribution in [0.1, 0.15) is 155 Å². The van der Waals surface area contributed by atoms with Crippen molar-refractivity contribution in [1.29, 1.82) is 0 Å². The smallest absolute Gasteiger partial charge is 0.472 e. The third-order valence-electron chi connectivity index (χ3n) is 7.86. The molecule has 0 rings (SSSR count). The molecule has 0 radical (unpaired) electrons. The average Bonchev–Trinajstić information content (AvgIpc) is 3.09. The van der Waals surface area contributed by atoms with E-state index in [9.17, 15) is 23.8 Å². The van der Waals surface area contributed by atoms with Crippen LogP contribution in [0.3, 0.4) is 0 Å². The van der Waals surface area contributed by atoms with Crippen LogP contribution in [-0.2, 0) is 37.5 Å². The van der Waals surface area contributed by atoms with E-state index in [2.05, 4.69) is 54.8 Å². The first-order chi connectivity index (χ1) is 24.1. The van der Waals surface area contributed by atoms with Crippen LogP contribution in [0.4, 0.5) is 0 Å². The Balaban J connectivity index is 4.49. The van der Waals surface area contributed by atoms with Gasteiger partial charge in [-0.05, 0) is 64.2 Å². The fourth-order valence-electron chi connectivity index (χ4n) is 4.78. The minimum atomic E-state index is -4.71. The molecule has 0 saturated carbocycles. The summed E-state index contributed by atoms with van der Waals surface area (Å²) in [6, 6.07) is -1.52. The zero-order chi connectivity index (χ0) is 37.1. The molecule has 4 N–H and O–H groups in total. The second-order valence-corrected chi connectivity index (χ2v) is 14.2. The molecule has 0 fully saturated rings. The summed E-state index contributed by atoms with van der Waals surface area (Å²) in [5.74, 6) is -2.41. The van der Waals surface area contributed by atoms with Crippen LogP contribution >= 0.6 is 7.82 Å². The van der Waals surface area contributed by atoms with Crippen LogP contribution in [0.25, 0.3) is 0 Å². The lowest BCUT2D eigenvalue weighted by Gasteiger charge is -2.20. The quantitative estimate of drug-likeness (QED) is 0.0246. The average molecular weight is 730 g/mol. The van der Waals surface area contributed by atoms with Crippen LogP contribution in [0.15, 0.2) is 36.5 Å². The van der Waals surface area contributed by atoms with E-state index in [4.69, 9.17) is 24.8 Å². The Morgan fingerprint density at radius 1 is 0.620 bits per heavy atom. The third kappa shape index (κ3) is 32.9. The van der Waals surface area contributed by atoms with E-state index in [-0.39, 0.29) is 19.4 Å². The number of ether oxygens (including phenoxy) is 2. The fourth-order valence-corrected chi connectivity index (χ4v) is 5.56. The standard InChI is InChI=1S/C38H68NO10P/c1-3-5-7-9-11-13-15-17-18-20-22-24-26-28-30-37(41)49-34(32-47-50(44,45)48-33-35(39)38(42)43)31-46-36(40)29-27-25-23-21-19-16-14-12-10-8-6-4-2/h9,11-12,14-15,17,34-35H,3-8,10,13,16,18-33,39H2,1-2H3,(H,42,43)(H,44,45)/b11-9-,14-12-,17-15-. The zero-order valence-electron chi connectivity index (χ0n) is 31.0. The molecule has 0 saturated heterocycles. The summed E-state index contributed by atoms with van der Waals surface area (Å²) in [5.41, 5.74) is 5.31. The first kappa shape index (κ1) is 47.7. The monoisotopic (exact) mass is 729 g/mol. The molecule has 3 atom stereocenters. The first-order valence-electron chi connectivity index (χ1n) is 19.0. The lowest BCUT2D eigenvalue weighted by molar-refractivity contribution is -0.161. The van der Waals surface area contributed by atoms with Crippen molar-refractivity contribution >= 4 is 25.7 Å². The molecule has 0 aliphatic carbocycles. The van der Waals surface area contributed by atoms with E-state index < -0.39 is 51.1 Å². The second kappa shape index (κ2) is 33.8. The van der Waals surface area contributed by atoms with Crippen molar-refractivity contribution in [2.24, 2.45) is 5.73 Å². The summed E-state index contributed by atoms with van der Waals surface area (Å²) < 4.78 is 32.5. The first-order valence-corrected chi connectivity index (χ1v) is 20.5. The maximum atomic E-state index is 12.5. The van der Waals surface area contributed by atoms with Gasteiger partial charge in [-0.3, -0.25) is 23.4 Å². The van der Waals surface area contributed by atoms with Crippen molar-refractivity contribution in [3.05, 3.63) is 36.5 Å². The fraction of sp³-hybridized carbons (Fsp3) is 0.763. The van der Waals surface area contributed by atoms with Crippen LogP contribution in [-0.4, -0.2) is 59.9 Å². The van der Waals surface area contributed by atoms with Crippen molar-refractivity contribution < 1.29 is 47.5 Å². The van der Waals surface area contributed by atoms with Crippen molar-refractivity contribution in [2.45, 2.75) is 167 Å². The van der Waals surface area contributed by atoms with Crippen LogP contribution in [0.5, 0.6) is 0 Å². The van der Waals surface area contributed by atoms with Gasteiger partial charge in [0.2, 0.25) is 0 Å². The predicted octanol–water partition coefficient (Wildman–Crippen LogP) is 9.28. The zero-order valence-corrected chi connectivity index (χ0v) is 31.9. The molecule has 290 valence electrons. The molecule has 0 aromatic rings. The van der Waals surface area contributed by atoms with Crippen molar-refractivity contribution in [1.82, 2.24) is 0 Å². The molecule has 12 heteroatoms. The molecule has 0 amide bonds. The number of carbonyl (C=O) groups is 3. The topological polar surface area (TPSA) is 172 Å². The number of aliphatic carboxylic acids is 1. The Morgan fingerprint density at radius 3 is 1.64 bits per heavy atom. The van der Waals surface area contributed by atoms with Crippen LogP contribution < -0.4 is 5.73 Å². The number of phosphoric acid groups is 1. The van der Waals surface area contributed by atoms with E-state index in [1.165, 1.54) is 32.1 Å². The number of phosphoric ester groups is 1. The number of esters is 2. The third-order valence-corrected chi connectivity index (χ3v) is 8.81. The van der Waals surface area contributed by atoms with Gasteiger partial charge in [-0.2, -0.15) is 0 Å². The van der Waals surface area contributed by atoms with Gasteiger partial charge in [0.05, 0.1) is 13.2 Å². The molecule has 0 bridgehead atoms. The molecular formula is C38H68NO10P. The van der Waals surface area contributed by atoms with Crippen molar-refractivity contribution in [3.8, 4) is 0 Å². The number of rotatable bonds is 35. The lowest BCUT2D eigenvalue weighted by Crippen LogP contribution is -2.34. The molecule has 0 aromatic carbocycles. The van der Waals surface area contributed by atoms with Crippen molar-refractivity contribution in [2.75, 3.05) is 19.8 Å². The Kier molecular flexibility index (Phi) is 32.3. The van der Waals surface area contributed by atoms with E-state index in [1.54, 1.807) is 0 Å². The Labute approximate surface area is 302 Å². The molecule has 11 nitrogen and oxygen atoms in total. The number of hydrogen-bond donors (Lipinski definition) is 3. The highest BCUT2D eigenvalue weighted by molar-refractivity contribution is 7.47. The SMILES string of the molecule is CCCC/C=C\C/C=C\CCCCCCCC(=O)OC(COC(=O)CCCCCCC/C=C\CCCCC)COP(=O)(O)OCC(N)C(=O)O. The second-order valence-electron chi connectivity index (χ2n) is 12.7. The molecular weight excluding hydrogens is 661 g/mol. The Morgan fingerprint density at radius 2 is 1.08 bits per heavy atom. The normalized spacial score (nSPS) is 14.3. The predicted molar refractivity (Wildman–Crippen MR) is 199 cm³/mol. The highest BCUT2D eigenvalue weighted by Crippen LogP contribution is 2.43. The van der Waals surface area contributed by atoms with Crippen LogP contribution in [0.2, 0.25) is 0 Å². The van der Waals surface area contributed by atoms with E-state index in [0.717, 1.165) is 83.5 Å².